The van der Waals surface area contributed by atoms with Crippen LogP contribution in [0.4, 0.5) is 13.2 Å². The van der Waals surface area contributed by atoms with E-state index in [1.165, 1.54) is 11.8 Å². The quantitative estimate of drug-likeness (QED) is 0.0211. The minimum atomic E-state index is -4.83. The van der Waals surface area contributed by atoms with Gasteiger partial charge in [0.25, 0.3) is 5.91 Å². The maximum Gasteiger partial charge on any atom is 0.435 e. The van der Waals surface area contributed by atoms with Gasteiger partial charge in [-0.25, -0.2) is 4.99 Å². The molecule has 0 saturated carbocycles. The number of carbonyl (C=O) groups excluding carboxylic acids is 4. The number of carbonyl (C=O) groups is 5. The van der Waals surface area contributed by atoms with E-state index < -0.39 is 78.1 Å². The van der Waals surface area contributed by atoms with Crippen molar-refractivity contribution in [2.75, 3.05) is 57.6 Å². The molecule has 0 spiro atoms. The van der Waals surface area contributed by atoms with Crippen molar-refractivity contribution in [3.05, 3.63) is 46.9 Å². The van der Waals surface area contributed by atoms with E-state index in [0.29, 0.717) is 48.2 Å². The molecule has 0 radical (unpaired) electrons. The molecule has 63 heavy (non-hydrogen) atoms. The Bertz CT molecular complexity index is 1840. The minimum absolute atomic E-state index is 0.0201. The van der Waals surface area contributed by atoms with Gasteiger partial charge in [-0.15, -0.1) is 0 Å². The second-order valence-electron chi connectivity index (χ2n) is 14.4. The first kappa shape index (κ1) is 50.2. The zero-order valence-electron chi connectivity index (χ0n) is 34.2. The van der Waals surface area contributed by atoms with E-state index in [2.05, 4.69) is 47.3 Å². The highest BCUT2D eigenvalue weighted by Crippen LogP contribution is 2.31. The van der Waals surface area contributed by atoms with Crippen LogP contribution in [0, 0.1) is 0 Å². The number of nitrogens with one attached hydrogen (secondary N) is 7. The van der Waals surface area contributed by atoms with Crippen LogP contribution >= 0.6 is 11.8 Å². The van der Waals surface area contributed by atoms with Crippen molar-refractivity contribution in [2.45, 2.75) is 81.3 Å². The van der Waals surface area contributed by atoms with Gasteiger partial charge in [0.1, 0.15) is 48.3 Å². The van der Waals surface area contributed by atoms with Crippen molar-refractivity contribution < 1.29 is 62.3 Å². The monoisotopic (exact) mass is 916 g/mol. The number of hydrazone groups is 1. The van der Waals surface area contributed by atoms with Crippen LogP contribution in [0.25, 0.3) is 0 Å². The average Bonchev–Trinajstić information content (AvgIpc) is 3.80. The molecule has 4 rings (SSSR count). The SMILES string of the molecule is NN=C(c1ccc(C(=O)N[C@H](CCC(=O)NCCCCNC2=NCNC3=C2NCN3C2OC(CSCC[C@H](N)C(=O)O)C(O)C2O)C(=O)NCCNC(=O)CCO)cc1)C(F)(F)F. The number of benzene rings is 1. The summed E-state index contributed by atoms with van der Waals surface area (Å²) in [6.07, 6.45) is -7.80. The number of carboxylic acid groups (broad SMARTS) is 1. The number of hydrogen-bond acceptors (Lipinski definition) is 18. The largest absolute Gasteiger partial charge is 0.480 e. The normalized spacial score (nSPS) is 20.7. The van der Waals surface area contributed by atoms with Crippen molar-refractivity contribution in [3.8, 4) is 0 Å². The van der Waals surface area contributed by atoms with Crippen molar-refractivity contribution in [1.82, 2.24) is 42.1 Å². The van der Waals surface area contributed by atoms with Gasteiger partial charge in [0.05, 0.1) is 19.4 Å². The molecule has 1 aromatic rings. The molecule has 4 unspecified atom stereocenters. The molecule has 3 aliphatic rings. The van der Waals surface area contributed by atoms with E-state index in [1.54, 1.807) is 4.90 Å². The smallest absolute Gasteiger partial charge is 0.435 e. The molecule has 6 atom stereocenters. The Morgan fingerprint density at radius 1 is 0.952 bits per heavy atom. The minimum Gasteiger partial charge on any atom is -0.480 e. The Labute approximate surface area is 364 Å². The van der Waals surface area contributed by atoms with Gasteiger partial charge in [0.2, 0.25) is 17.7 Å². The highest BCUT2D eigenvalue weighted by atomic mass is 32.2. The number of ether oxygens (including phenoxy) is 1. The lowest BCUT2D eigenvalue weighted by Gasteiger charge is -2.30. The lowest BCUT2D eigenvalue weighted by atomic mass is 10.1. The summed E-state index contributed by atoms with van der Waals surface area (Å²) in [4.78, 5) is 67.7. The number of thioether (sulfide) groups is 1. The Balaban J connectivity index is 1.22. The van der Waals surface area contributed by atoms with E-state index in [0.717, 1.165) is 24.3 Å². The van der Waals surface area contributed by atoms with Crippen LogP contribution < -0.4 is 48.8 Å². The third-order valence-corrected chi connectivity index (χ3v) is 11.0. The van der Waals surface area contributed by atoms with Gasteiger partial charge in [-0.1, -0.05) is 12.1 Å². The molecular weight excluding hydrogens is 862 g/mol. The van der Waals surface area contributed by atoms with Crippen molar-refractivity contribution in [3.63, 3.8) is 0 Å². The van der Waals surface area contributed by atoms with E-state index in [1.807, 2.05) is 0 Å². The zero-order valence-corrected chi connectivity index (χ0v) is 35.0. The summed E-state index contributed by atoms with van der Waals surface area (Å²) in [5, 5.41) is 62.2. The van der Waals surface area contributed by atoms with Gasteiger partial charge >= 0.3 is 12.1 Å². The number of nitrogens with two attached hydrogens (primary N) is 2. The predicted molar refractivity (Wildman–Crippen MR) is 222 cm³/mol. The summed E-state index contributed by atoms with van der Waals surface area (Å²) in [5.41, 5.74) is 4.40. The Kier molecular flexibility index (Phi) is 19.5. The second-order valence-corrected chi connectivity index (χ2v) is 15.6. The van der Waals surface area contributed by atoms with Gasteiger partial charge in [0, 0.05) is 55.9 Å². The average molecular weight is 917 g/mol. The Morgan fingerprint density at radius 3 is 2.30 bits per heavy atom. The molecule has 1 aromatic carbocycles. The zero-order chi connectivity index (χ0) is 46.1. The fraction of sp³-hybridized carbons (Fsp3) is 0.595. The fourth-order valence-corrected chi connectivity index (χ4v) is 7.59. The molecular formula is C37H55F3N12O10S. The molecule has 0 aliphatic carbocycles. The molecule has 0 aromatic heterocycles. The third-order valence-electron chi connectivity index (χ3n) is 9.89. The van der Waals surface area contributed by atoms with E-state index in [4.69, 9.17) is 26.5 Å². The number of aliphatic imine (C=N–C) groups is 1. The van der Waals surface area contributed by atoms with Crippen molar-refractivity contribution in [1.29, 1.82) is 0 Å². The maximum atomic E-state index is 13.2. The molecule has 350 valence electrons. The third kappa shape index (κ3) is 14.8. The maximum absolute atomic E-state index is 13.2. The van der Waals surface area contributed by atoms with Gasteiger partial charge in [0.15, 0.2) is 11.9 Å². The molecule has 15 N–H and O–H groups in total. The Morgan fingerprint density at radius 2 is 1.62 bits per heavy atom. The number of unbranched alkanes of at least 4 members (excludes halogenated alkanes) is 1. The lowest BCUT2D eigenvalue weighted by molar-refractivity contribution is -0.138. The van der Waals surface area contributed by atoms with Crippen molar-refractivity contribution >= 4 is 52.9 Å². The Hall–Kier alpha value is -5.41. The highest BCUT2D eigenvalue weighted by Gasteiger charge is 2.48. The van der Waals surface area contributed by atoms with E-state index in [9.17, 15) is 47.4 Å². The van der Waals surface area contributed by atoms with Gasteiger partial charge < -0.3 is 78.9 Å². The molecule has 22 nitrogen and oxygen atoms in total. The molecule has 4 amide bonds. The first-order valence-electron chi connectivity index (χ1n) is 20.1. The fourth-order valence-electron chi connectivity index (χ4n) is 6.50. The number of nitrogens with zero attached hydrogens (tertiary/aromatic N) is 3. The summed E-state index contributed by atoms with van der Waals surface area (Å²) in [7, 11) is 0. The number of aliphatic hydroxyl groups excluding tert-OH is 3. The predicted octanol–water partition coefficient (Wildman–Crippen LogP) is -3.14. The lowest BCUT2D eigenvalue weighted by Crippen LogP contribution is -2.48. The summed E-state index contributed by atoms with van der Waals surface area (Å²) >= 11 is 1.37. The van der Waals surface area contributed by atoms with E-state index >= 15 is 0 Å². The molecule has 0 bridgehead atoms. The van der Waals surface area contributed by atoms with Crippen LogP contribution in [0.3, 0.4) is 0 Å². The number of amides is 4. The number of amidine groups is 1. The molecule has 26 heteroatoms. The molecule has 3 aliphatic heterocycles. The number of rotatable bonds is 24. The van der Waals surface area contributed by atoms with Crippen LogP contribution in [0.15, 0.2) is 45.9 Å². The van der Waals surface area contributed by atoms with Crippen LogP contribution in [0.1, 0.15) is 54.4 Å². The summed E-state index contributed by atoms with van der Waals surface area (Å²) < 4.78 is 45.7. The number of halogens is 3. The first-order valence-corrected chi connectivity index (χ1v) is 21.2. The van der Waals surface area contributed by atoms with Crippen LogP contribution in [-0.4, -0.2) is 167 Å². The number of alkyl halides is 3. The summed E-state index contributed by atoms with van der Waals surface area (Å²) in [6, 6.07) is 2.00. The van der Waals surface area contributed by atoms with Gasteiger partial charge in [-0.05, 0) is 43.6 Å². The standard InChI is InChI=1S/C37H55F3N12O10S/c38-37(39,40)30(51-42)20-3-5-21(6-4-20)33(58)50-23(34(59)46-14-13-44-26(55)9-15-53)7-8-25(54)43-11-1-2-12-45-31-27-32(48-18-47-31)52(19-49-27)35-29(57)28(56)24(62-35)17-63-16-10-22(41)36(60)61/h3-6,22-24,28-29,35,48-49,53,56-57H,1-2,7-19,41-42H2,(H,43,54)(H,44,55)(H,45,47)(H,46,59)(H,50,58)(H,60,61)/t22-,23+,24?,28?,29?,35?/m0/s1. The van der Waals surface area contributed by atoms with Crippen LogP contribution in [0.5, 0.6) is 0 Å². The second kappa shape index (κ2) is 24.4. The number of aliphatic carboxylic acids is 1. The van der Waals surface area contributed by atoms with Crippen molar-refractivity contribution in [2.24, 2.45) is 21.7 Å². The van der Waals surface area contributed by atoms with Gasteiger partial charge in [-0.2, -0.15) is 30.0 Å². The number of hydrogen-bond donors (Lipinski definition) is 13. The topological polar surface area (TPSA) is 340 Å². The molecule has 1 saturated heterocycles. The molecule has 3 heterocycles. The first-order chi connectivity index (χ1) is 30.0. The van der Waals surface area contributed by atoms with Gasteiger partial charge in [-0.3, -0.25) is 24.0 Å². The molecule has 1 fully saturated rings. The number of aliphatic hydroxyl groups is 3. The highest BCUT2D eigenvalue weighted by molar-refractivity contribution is 7.99. The summed E-state index contributed by atoms with van der Waals surface area (Å²) in [6.45, 7) is 0.873. The van der Waals surface area contributed by atoms with E-state index in [-0.39, 0.29) is 76.4 Å². The summed E-state index contributed by atoms with van der Waals surface area (Å²) in [5.74, 6) is 3.45. The van der Waals surface area contributed by atoms with Crippen LogP contribution in [0.2, 0.25) is 0 Å². The number of carboxylic acids is 1. The van der Waals surface area contributed by atoms with Crippen LogP contribution in [-0.2, 0) is 23.9 Å².